The number of hydrogen-bond acceptors (Lipinski definition) is 4. The topological polar surface area (TPSA) is 70.7 Å². The molecule has 8 heteroatoms. The van der Waals surface area contributed by atoms with Crippen molar-refractivity contribution < 1.29 is 14.3 Å². The molecule has 0 heterocycles. The normalized spacial score (nSPS) is 10.4. The monoisotopic (exact) mass is 553 g/mol. The third-order valence-corrected chi connectivity index (χ3v) is 5.88. The van der Waals surface area contributed by atoms with Gasteiger partial charge >= 0.3 is 0 Å². The minimum Gasteiger partial charge on any atom is -0.493 e. The van der Waals surface area contributed by atoms with Crippen LogP contribution in [0.4, 0.5) is 5.69 Å². The van der Waals surface area contributed by atoms with Crippen LogP contribution in [0, 0.1) is 0 Å². The maximum absolute atomic E-state index is 13.1. The molecule has 3 aromatic rings. The van der Waals surface area contributed by atoms with Gasteiger partial charge in [-0.25, -0.2) is 0 Å². The van der Waals surface area contributed by atoms with Crippen molar-refractivity contribution >= 4 is 50.8 Å². The van der Waals surface area contributed by atoms with Crippen LogP contribution in [0.2, 0.25) is 0 Å². The quantitative estimate of drug-likeness (QED) is 0.250. The molecule has 3 aromatic carbocycles. The number of rotatable bonds is 9. The van der Waals surface area contributed by atoms with Crippen molar-refractivity contribution in [3.8, 4) is 5.75 Å². The molecule has 0 fully saturated rings. The van der Waals surface area contributed by atoms with Gasteiger partial charge in [0.2, 0.25) is 0 Å². The van der Waals surface area contributed by atoms with Gasteiger partial charge in [0.15, 0.2) is 5.11 Å². The second kappa shape index (κ2) is 13.0. The molecule has 0 atom stereocenters. The number of ether oxygens (including phenoxy) is 1. The van der Waals surface area contributed by atoms with Crippen molar-refractivity contribution in [2.24, 2.45) is 0 Å². The van der Waals surface area contributed by atoms with Crippen molar-refractivity contribution in [2.45, 2.75) is 26.3 Å². The molecule has 0 unspecified atom stereocenters. The first-order chi connectivity index (χ1) is 16.9. The van der Waals surface area contributed by atoms with Gasteiger partial charge < -0.3 is 15.0 Å². The number of unbranched alkanes of at least 4 members (excludes halogenated alkanes) is 1. The van der Waals surface area contributed by atoms with E-state index >= 15 is 0 Å². The Hall–Kier alpha value is -3.23. The number of anilines is 1. The van der Waals surface area contributed by atoms with Crippen LogP contribution in [0.25, 0.3) is 0 Å². The van der Waals surface area contributed by atoms with E-state index < -0.39 is 5.91 Å². The molecule has 0 bridgehead atoms. The zero-order chi connectivity index (χ0) is 25.2. The van der Waals surface area contributed by atoms with Crippen molar-refractivity contribution in [3.05, 3.63) is 94.0 Å². The molecule has 0 aliphatic rings. The predicted octanol–water partition coefficient (Wildman–Crippen LogP) is 6.03. The van der Waals surface area contributed by atoms with E-state index in [9.17, 15) is 9.59 Å². The second-order valence-electron chi connectivity index (χ2n) is 7.94. The van der Waals surface area contributed by atoms with E-state index in [4.69, 9.17) is 17.0 Å². The third-order valence-electron chi connectivity index (χ3n) is 5.18. The summed E-state index contributed by atoms with van der Waals surface area (Å²) in [6.07, 6.45) is 1.88. The zero-order valence-corrected chi connectivity index (χ0v) is 22.1. The van der Waals surface area contributed by atoms with E-state index in [0.717, 1.165) is 22.9 Å². The molecule has 0 saturated heterocycles. The number of amides is 2. The Morgan fingerprint density at radius 2 is 1.71 bits per heavy atom. The largest absolute Gasteiger partial charge is 0.493 e. The summed E-state index contributed by atoms with van der Waals surface area (Å²) in [5.74, 6) is -0.0787. The van der Waals surface area contributed by atoms with Gasteiger partial charge in [0, 0.05) is 18.1 Å². The van der Waals surface area contributed by atoms with Gasteiger partial charge in [-0.3, -0.25) is 14.9 Å². The number of nitrogens with zero attached hydrogens (tertiary/aromatic N) is 1. The summed E-state index contributed by atoms with van der Waals surface area (Å²) < 4.78 is 6.54. The highest BCUT2D eigenvalue weighted by atomic mass is 79.9. The number of thiocarbonyl (C=S) groups is 1. The summed E-state index contributed by atoms with van der Waals surface area (Å²) in [7, 11) is 1.75. The van der Waals surface area contributed by atoms with E-state index in [0.29, 0.717) is 35.7 Å². The molecule has 0 saturated carbocycles. The molecule has 0 aliphatic carbocycles. The summed E-state index contributed by atoms with van der Waals surface area (Å²) in [5.41, 5.74) is 2.36. The predicted molar refractivity (Wildman–Crippen MR) is 147 cm³/mol. The first-order valence-electron chi connectivity index (χ1n) is 11.3. The van der Waals surface area contributed by atoms with Gasteiger partial charge in [0.25, 0.3) is 11.8 Å². The highest BCUT2D eigenvalue weighted by Gasteiger charge is 2.19. The number of halogens is 1. The Balaban J connectivity index is 1.70. The lowest BCUT2D eigenvalue weighted by Gasteiger charge is -2.20. The molecule has 6 nitrogen and oxygen atoms in total. The summed E-state index contributed by atoms with van der Waals surface area (Å²) in [6.45, 7) is 3.07. The molecule has 0 aromatic heterocycles. The molecule has 2 N–H and O–H groups in total. The molecule has 2 amide bonds. The van der Waals surface area contributed by atoms with Crippen molar-refractivity contribution in [2.75, 3.05) is 19.0 Å². The maximum Gasteiger partial charge on any atom is 0.261 e. The summed E-state index contributed by atoms with van der Waals surface area (Å²) in [5, 5.41) is 5.77. The number of para-hydroxylation sites is 1. The Labute approximate surface area is 219 Å². The molecule has 0 radical (unpaired) electrons. The molecule has 182 valence electrons. The summed E-state index contributed by atoms with van der Waals surface area (Å²) in [4.78, 5) is 27.7. The highest BCUT2D eigenvalue weighted by Crippen LogP contribution is 2.24. The number of nitrogens with one attached hydrogen (secondary N) is 2. The van der Waals surface area contributed by atoms with E-state index in [1.165, 1.54) is 0 Å². The van der Waals surface area contributed by atoms with E-state index in [2.05, 4.69) is 33.5 Å². The molecular weight excluding hydrogens is 526 g/mol. The van der Waals surface area contributed by atoms with Gasteiger partial charge in [0.05, 0.1) is 23.4 Å². The van der Waals surface area contributed by atoms with Gasteiger partial charge in [-0.1, -0.05) is 71.7 Å². The molecule has 0 spiro atoms. The fourth-order valence-corrected chi connectivity index (χ4v) is 3.93. The van der Waals surface area contributed by atoms with E-state index in [1.807, 2.05) is 36.4 Å². The van der Waals surface area contributed by atoms with Crippen LogP contribution in [0.15, 0.2) is 77.3 Å². The van der Waals surface area contributed by atoms with Crippen LogP contribution in [-0.2, 0) is 6.54 Å². The number of carbonyl (C=O) groups excluding carboxylic acids is 2. The lowest BCUT2D eigenvalue weighted by atomic mass is 10.1. The van der Waals surface area contributed by atoms with Gasteiger partial charge in [0.1, 0.15) is 5.75 Å². The molecule has 3 rings (SSSR count). The van der Waals surface area contributed by atoms with E-state index in [1.54, 1.807) is 48.3 Å². The van der Waals surface area contributed by atoms with Crippen LogP contribution >= 0.6 is 28.1 Å². The first-order valence-corrected chi connectivity index (χ1v) is 12.5. The Bertz CT molecular complexity index is 1190. The highest BCUT2D eigenvalue weighted by molar-refractivity contribution is 9.10. The standard InChI is InChI=1S/C27H28BrN3O3S/c1-3-4-16-34-24-15-14-20(28)17-22(24)25(32)30-27(35)29-23-13-9-8-12-21(23)26(33)31(2)18-19-10-6-5-7-11-19/h5-15,17H,3-4,16,18H2,1-2H3,(H2,29,30,32,35). The molecule has 0 aliphatic heterocycles. The van der Waals surface area contributed by atoms with Crippen molar-refractivity contribution in [3.63, 3.8) is 0 Å². The molecular formula is C27H28BrN3O3S. The number of hydrogen-bond donors (Lipinski definition) is 2. The van der Waals surface area contributed by atoms with Gasteiger partial charge in [-0.15, -0.1) is 0 Å². The zero-order valence-electron chi connectivity index (χ0n) is 19.7. The van der Waals surface area contributed by atoms with Gasteiger partial charge in [-0.05, 0) is 54.5 Å². The van der Waals surface area contributed by atoms with Crippen LogP contribution in [0.5, 0.6) is 5.75 Å². The average Bonchev–Trinajstić information content (AvgIpc) is 2.85. The smallest absolute Gasteiger partial charge is 0.261 e. The maximum atomic E-state index is 13.1. The number of benzene rings is 3. The lowest BCUT2D eigenvalue weighted by molar-refractivity contribution is 0.0786. The SMILES string of the molecule is CCCCOc1ccc(Br)cc1C(=O)NC(=S)Nc1ccccc1C(=O)N(C)Cc1ccccc1. The first kappa shape index (κ1) is 26.4. The minimum absolute atomic E-state index is 0.0837. The third kappa shape index (κ3) is 7.63. The van der Waals surface area contributed by atoms with Crippen molar-refractivity contribution in [1.82, 2.24) is 10.2 Å². The fourth-order valence-electron chi connectivity index (χ4n) is 3.37. The summed E-state index contributed by atoms with van der Waals surface area (Å²) >= 11 is 8.79. The Kier molecular flexibility index (Phi) is 9.81. The van der Waals surface area contributed by atoms with Crippen molar-refractivity contribution in [1.29, 1.82) is 0 Å². The van der Waals surface area contributed by atoms with Crippen LogP contribution in [0.3, 0.4) is 0 Å². The van der Waals surface area contributed by atoms with Crippen LogP contribution in [0.1, 0.15) is 46.0 Å². The Morgan fingerprint density at radius 3 is 2.46 bits per heavy atom. The minimum atomic E-state index is -0.402. The molecule has 35 heavy (non-hydrogen) atoms. The second-order valence-corrected chi connectivity index (χ2v) is 9.27. The lowest BCUT2D eigenvalue weighted by Crippen LogP contribution is -2.35. The Morgan fingerprint density at radius 1 is 1.00 bits per heavy atom. The van der Waals surface area contributed by atoms with Crippen LogP contribution < -0.4 is 15.4 Å². The fraction of sp³-hybridized carbons (Fsp3) is 0.222. The van der Waals surface area contributed by atoms with Gasteiger partial charge in [-0.2, -0.15) is 0 Å². The number of carbonyl (C=O) groups is 2. The van der Waals surface area contributed by atoms with E-state index in [-0.39, 0.29) is 11.0 Å². The average molecular weight is 555 g/mol. The van der Waals surface area contributed by atoms with Crippen LogP contribution in [-0.4, -0.2) is 35.5 Å². The summed E-state index contributed by atoms with van der Waals surface area (Å²) in [6, 6.07) is 22.1.